The Morgan fingerprint density at radius 3 is 2.79 bits per heavy atom. The van der Waals surface area contributed by atoms with Crippen LogP contribution in [-0.4, -0.2) is 11.8 Å². The third kappa shape index (κ3) is 4.90. The maximum atomic E-state index is 12.5. The summed E-state index contributed by atoms with van der Waals surface area (Å²) in [6.45, 7) is 6.82. The molecule has 1 aliphatic carbocycles. The Morgan fingerprint density at radius 2 is 2.14 bits per heavy atom. The van der Waals surface area contributed by atoms with E-state index in [2.05, 4.69) is 26.1 Å². The lowest BCUT2D eigenvalue weighted by molar-refractivity contribution is -0.111. The van der Waals surface area contributed by atoms with Gasteiger partial charge in [-0.1, -0.05) is 50.9 Å². The predicted molar refractivity (Wildman–Crippen MR) is 122 cm³/mol. The summed E-state index contributed by atoms with van der Waals surface area (Å²) in [6.07, 6.45) is 7.03. The van der Waals surface area contributed by atoms with E-state index in [0.717, 1.165) is 36.8 Å². The highest BCUT2D eigenvalue weighted by Gasteiger charge is 2.34. The first-order valence-electron chi connectivity index (χ1n) is 9.90. The van der Waals surface area contributed by atoms with Crippen molar-refractivity contribution < 1.29 is 9.59 Å². The van der Waals surface area contributed by atoms with Gasteiger partial charge in [0.1, 0.15) is 5.00 Å². The topological polar surface area (TPSA) is 72.2 Å². The number of fused-ring (bicyclic) bond motifs is 1. The Hall–Kier alpha value is -2.11. The average Bonchev–Trinajstić information content (AvgIpc) is 3.03. The zero-order valence-corrected chi connectivity index (χ0v) is 18.6. The molecule has 0 spiro atoms. The third-order valence-corrected chi connectivity index (χ3v) is 7.45. The smallest absolute Gasteiger partial charge is 0.251 e. The Morgan fingerprint density at radius 1 is 1.38 bits per heavy atom. The van der Waals surface area contributed by atoms with Gasteiger partial charge in [-0.2, -0.15) is 0 Å². The molecular weight excluding hydrogens is 404 g/mol. The van der Waals surface area contributed by atoms with Crippen LogP contribution in [0, 0.1) is 11.3 Å². The summed E-state index contributed by atoms with van der Waals surface area (Å²) in [5.41, 5.74) is 8.24. The quantitative estimate of drug-likeness (QED) is 0.577. The molecule has 4 nitrogen and oxygen atoms in total. The van der Waals surface area contributed by atoms with Crippen LogP contribution in [0.1, 0.15) is 60.0 Å². The van der Waals surface area contributed by atoms with Gasteiger partial charge in [0.05, 0.1) is 5.56 Å². The van der Waals surface area contributed by atoms with E-state index in [1.54, 1.807) is 18.2 Å². The molecule has 0 aliphatic heterocycles. The molecule has 6 heteroatoms. The van der Waals surface area contributed by atoms with Gasteiger partial charge in [-0.15, -0.1) is 11.3 Å². The van der Waals surface area contributed by atoms with Gasteiger partial charge in [0.25, 0.3) is 5.91 Å². The van der Waals surface area contributed by atoms with E-state index < -0.39 is 5.91 Å². The normalized spacial score (nSPS) is 16.6. The number of primary amides is 1. The molecule has 0 saturated carbocycles. The number of rotatable bonds is 6. The highest BCUT2D eigenvalue weighted by Crippen LogP contribution is 2.45. The van der Waals surface area contributed by atoms with E-state index in [0.29, 0.717) is 21.5 Å². The Kier molecular flexibility index (Phi) is 6.49. The lowest BCUT2D eigenvalue weighted by atomic mass is 9.69. The fourth-order valence-corrected chi connectivity index (χ4v) is 5.36. The maximum Gasteiger partial charge on any atom is 0.251 e. The Bertz CT molecular complexity index is 962. The molecule has 1 aromatic heterocycles. The number of amides is 2. The lowest BCUT2D eigenvalue weighted by Gasteiger charge is -2.36. The van der Waals surface area contributed by atoms with Crippen LogP contribution < -0.4 is 11.1 Å². The highest BCUT2D eigenvalue weighted by atomic mass is 35.5. The summed E-state index contributed by atoms with van der Waals surface area (Å²) in [5, 5.41) is 4.02. The van der Waals surface area contributed by atoms with E-state index in [1.165, 1.54) is 22.3 Å². The largest absolute Gasteiger partial charge is 0.365 e. The van der Waals surface area contributed by atoms with Gasteiger partial charge < -0.3 is 11.1 Å². The SMILES string of the molecule is CCC(C)(C)[C@H]1CCc2c(sc(NC(=O)/C=C\c3cccc(Cl)c3)c2C(N)=O)C1. The van der Waals surface area contributed by atoms with Crippen molar-refractivity contribution in [3.05, 3.63) is 56.9 Å². The van der Waals surface area contributed by atoms with Crippen molar-refractivity contribution in [3.8, 4) is 0 Å². The van der Waals surface area contributed by atoms with Crippen molar-refractivity contribution in [2.24, 2.45) is 17.1 Å². The molecule has 0 radical (unpaired) electrons. The summed E-state index contributed by atoms with van der Waals surface area (Å²) >= 11 is 7.46. The van der Waals surface area contributed by atoms with Crippen molar-refractivity contribution in [2.45, 2.75) is 46.5 Å². The minimum absolute atomic E-state index is 0.248. The van der Waals surface area contributed by atoms with E-state index >= 15 is 0 Å². The molecule has 0 bridgehead atoms. The number of nitrogens with one attached hydrogen (secondary N) is 1. The first kappa shape index (κ1) is 21.6. The van der Waals surface area contributed by atoms with Gasteiger partial charge in [-0.05, 0) is 59.9 Å². The molecule has 2 amide bonds. The molecule has 29 heavy (non-hydrogen) atoms. The molecule has 154 valence electrons. The van der Waals surface area contributed by atoms with Gasteiger partial charge >= 0.3 is 0 Å². The summed E-state index contributed by atoms with van der Waals surface area (Å²) in [5.74, 6) is -0.216. The molecule has 1 atom stereocenters. The van der Waals surface area contributed by atoms with Crippen LogP contribution in [0.4, 0.5) is 5.00 Å². The monoisotopic (exact) mass is 430 g/mol. The Labute approximate surface area is 181 Å². The number of hydrogen-bond acceptors (Lipinski definition) is 3. The molecular formula is C23H27ClN2O2S. The summed E-state index contributed by atoms with van der Waals surface area (Å²) in [6, 6.07) is 7.25. The van der Waals surface area contributed by atoms with Gasteiger partial charge in [0, 0.05) is 16.0 Å². The van der Waals surface area contributed by atoms with E-state index in [-0.39, 0.29) is 11.3 Å². The molecule has 3 N–H and O–H groups in total. The number of thiophene rings is 1. The number of halogens is 1. The molecule has 0 saturated heterocycles. The average molecular weight is 431 g/mol. The fourth-order valence-electron chi connectivity index (χ4n) is 3.83. The predicted octanol–water partition coefficient (Wildman–Crippen LogP) is 5.69. The van der Waals surface area contributed by atoms with Crippen LogP contribution >= 0.6 is 22.9 Å². The van der Waals surface area contributed by atoms with Crippen LogP contribution in [0.5, 0.6) is 0 Å². The van der Waals surface area contributed by atoms with E-state index in [9.17, 15) is 9.59 Å². The second kappa shape index (κ2) is 8.72. The van der Waals surface area contributed by atoms with Gasteiger partial charge in [-0.25, -0.2) is 0 Å². The number of carbonyl (C=O) groups is 2. The molecule has 3 rings (SSSR count). The third-order valence-electron chi connectivity index (χ3n) is 6.04. The van der Waals surface area contributed by atoms with Gasteiger partial charge in [0.2, 0.25) is 5.91 Å². The summed E-state index contributed by atoms with van der Waals surface area (Å²) in [4.78, 5) is 25.8. The highest BCUT2D eigenvalue weighted by molar-refractivity contribution is 7.17. The van der Waals surface area contributed by atoms with Crippen LogP contribution in [0.25, 0.3) is 6.08 Å². The van der Waals surface area contributed by atoms with Gasteiger partial charge in [0.15, 0.2) is 0 Å². The minimum Gasteiger partial charge on any atom is -0.365 e. The summed E-state index contributed by atoms with van der Waals surface area (Å²) in [7, 11) is 0. The number of carbonyl (C=O) groups excluding carboxylic acids is 2. The molecule has 1 aromatic carbocycles. The maximum absolute atomic E-state index is 12.5. The first-order chi connectivity index (χ1) is 13.7. The second-order valence-corrected chi connectivity index (χ2v) is 9.77. The molecule has 1 heterocycles. The minimum atomic E-state index is -0.482. The molecule has 0 unspecified atom stereocenters. The zero-order chi connectivity index (χ0) is 21.2. The van der Waals surface area contributed by atoms with Crippen LogP contribution in [0.15, 0.2) is 30.3 Å². The van der Waals surface area contributed by atoms with Crippen molar-refractivity contribution in [3.63, 3.8) is 0 Å². The van der Waals surface area contributed by atoms with Crippen LogP contribution in [0.2, 0.25) is 5.02 Å². The van der Waals surface area contributed by atoms with Gasteiger partial charge in [-0.3, -0.25) is 9.59 Å². The lowest BCUT2D eigenvalue weighted by Crippen LogP contribution is -2.29. The number of hydrogen-bond donors (Lipinski definition) is 2. The molecule has 1 aliphatic rings. The zero-order valence-electron chi connectivity index (χ0n) is 17.0. The first-order valence-corrected chi connectivity index (χ1v) is 11.1. The van der Waals surface area contributed by atoms with Crippen LogP contribution in [0.3, 0.4) is 0 Å². The van der Waals surface area contributed by atoms with E-state index in [4.69, 9.17) is 17.3 Å². The van der Waals surface area contributed by atoms with Crippen molar-refractivity contribution in [1.82, 2.24) is 0 Å². The van der Waals surface area contributed by atoms with E-state index in [1.807, 2.05) is 12.1 Å². The second-order valence-electron chi connectivity index (χ2n) is 8.23. The summed E-state index contributed by atoms with van der Waals surface area (Å²) < 4.78 is 0. The van der Waals surface area contributed by atoms with Crippen molar-refractivity contribution >= 4 is 45.8 Å². The van der Waals surface area contributed by atoms with Crippen LogP contribution in [-0.2, 0) is 17.6 Å². The number of nitrogens with two attached hydrogens (primary N) is 1. The number of anilines is 1. The standard InChI is InChI=1S/C23H27ClN2O2S/c1-4-23(2,3)15-9-10-17-18(13-15)29-22(20(17)21(25)28)26-19(27)11-8-14-6-5-7-16(24)12-14/h5-8,11-12,15H,4,9-10,13H2,1-3H3,(H2,25,28)(H,26,27)/b11-8-/t15-/m0/s1. The molecule has 2 aromatic rings. The Balaban J connectivity index is 1.81. The molecule has 0 fully saturated rings. The van der Waals surface area contributed by atoms with Crippen molar-refractivity contribution in [1.29, 1.82) is 0 Å². The fraction of sp³-hybridized carbons (Fsp3) is 0.391. The number of benzene rings is 1. The van der Waals surface area contributed by atoms with Crippen molar-refractivity contribution in [2.75, 3.05) is 5.32 Å².